The highest BCUT2D eigenvalue weighted by molar-refractivity contribution is 5.73. The molecule has 1 fully saturated rings. The number of hydrogen-bond donors (Lipinski definition) is 0. The second kappa shape index (κ2) is 6.08. The van der Waals surface area contributed by atoms with E-state index in [1.807, 2.05) is 0 Å². The van der Waals surface area contributed by atoms with E-state index in [1.54, 1.807) is 7.11 Å². The van der Waals surface area contributed by atoms with Gasteiger partial charge >= 0.3 is 5.97 Å². The standard InChI is InChI=1S/C11H21NO3/c1-9-7-12(5-4-6-14-2)8-10(9)11(13)15-3/h9-10H,4-8H2,1-3H3. The van der Waals surface area contributed by atoms with Crippen molar-refractivity contribution in [3.05, 3.63) is 0 Å². The Bertz CT molecular complexity index is 208. The van der Waals surface area contributed by atoms with Gasteiger partial charge in [-0.15, -0.1) is 0 Å². The highest BCUT2D eigenvalue weighted by Gasteiger charge is 2.34. The third-order valence-electron chi connectivity index (χ3n) is 3.01. The fraction of sp³-hybridized carbons (Fsp3) is 0.909. The monoisotopic (exact) mass is 215 g/mol. The molecular formula is C11H21NO3. The van der Waals surface area contributed by atoms with Gasteiger partial charge in [0.05, 0.1) is 13.0 Å². The molecule has 0 N–H and O–H groups in total. The average molecular weight is 215 g/mol. The molecule has 1 aliphatic heterocycles. The largest absolute Gasteiger partial charge is 0.469 e. The summed E-state index contributed by atoms with van der Waals surface area (Å²) in [5, 5.41) is 0. The van der Waals surface area contributed by atoms with Gasteiger partial charge < -0.3 is 14.4 Å². The Morgan fingerprint density at radius 3 is 2.73 bits per heavy atom. The van der Waals surface area contributed by atoms with Crippen LogP contribution in [-0.4, -0.2) is 51.3 Å². The topological polar surface area (TPSA) is 38.8 Å². The number of hydrogen-bond acceptors (Lipinski definition) is 4. The molecule has 4 nitrogen and oxygen atoms in total. The minimum Gasteiger partial charge on any atom is -0.469 e. The van der Waals surface area contributed by atoms with Crippen LogP contribution in [-0.2, 0) is 14.3 Å². The van der Waals surface area contributed by atoms with Gasteiger partial charge in [0.25, 0.3) is 0 Å². The van der Waals surface area contributed by atoms with Gasteiger partial charge in [0.2, 0.25) is 0 Å². The van der Waals surface area contributed by atoms with E-state index >= 15 is 0 Å². The number of ether oxygens (including phenoxy) is 2. The van der Waals surface area contributed by atoms with Crippen LogP contribution in [0.25, 0.3) is 0 Å². The number of carbonyl (C=O) groups excluding carboxylic acids is 1. The predicted octanol–water partition coefficient (Wildman–Crippen LogP) is 0.764. The summed E-state index contributed by atoms with van der Waals surface area (Å²) in [6.07, 6.45) is 1.02. The molecule has 0 radical (unpaired) electrons. The summed E-state index contributed by atoms with van der Waals surface area (Å²) in [6.45, 7) is 5.72. The lowest BCUT2D eigenvalue weighted by atomic mass is 9.99. The van der Waals surface area contributed by atoms with Gasteiger partial charge in [-0.3, -0.25) is 4.79 Å². The van der Waals surface area contributed by atoms with Crippen LogP contribution in [0.15, 0.2) is 0 Å². The summed E-state index contributed by atoms with van der Waals surface area (Å²) >= 11 is 0. The maximum Gasteiger partial charge on any atom is 0.310 e. The van der Waals surface area contributed by atoms with E-state index in [0.29, 0.717) is 5.92 Å². The Balaban J connectivity index is 2.31. The predicted molar refractivity (Wildman–Crippen MR) is 57.6 cm³/mol. The molecule has 2 unspecified atom stereocenters. The lowest BCUT2D eigenvalue weighted by Gasteiger charge is -2.14. The molecule has 1 rings (SSSR count). The van der Waals surface area contributed by atoms with E-state index in [1.165, 1.54) is 7.11 Å². The van der Waals surface area contributed by atoms with Crippen LogP contribution in [0.2, 0.25) is 0 Å². The summed E-state index contributed by atoms with van der Waals surface area (Å²) in [5.41, 5.74) is 0. The van der Waals surface area contributed by atoms with Crippen molar-refractivity contribution in [1.82, 2.24) is 4.90 Å². The first kappa shape index (κ1) is 12.5. The van der Waals surface area contributed by atoms with Crippen LogP contribution in [0.3, 0.4) is 0 Å². The van der Waals surface area contributed by atoms with Gasteiger partial charge in [0.15, 0.2) is 0 Å². The van der Waals surface area contributed by atoms with Crippen LogP contribution in [0.4, 0.5) is 0 Å². The van der Waals surface area contributed by atoms with Crippen LogP contribution >= 0.6 is 0 Å². The number of carbonyl (C=O) groups is 1. The van der Waals surface area contributed by atoms with Crippen LogP contribution < -0.4 is 0 Å². The molecule has 0 spiro atoms. The van der Waals surface area contributed by atoms with E-state index in [9.17, 15) is 4.79 Å². The molecule has 2 atom stereocenters. The summed E-state index contributed by atoms with van der Waals surface area (Å²) < 4.78 is 9.79. The molecule has 0 aromatic carbocycles. The zero-order valence-corrected chi connectivity index (χ0v) is 9.86. The molecular weight excluding hydrogens is 194 g/mol. The van der Waals surface area contributed by atoms with Crippen molar-refractivity contribution in [2.75, 3.05) is 40.5 Å². The highest BCUT2D eigenvalue weighted by Crippen LogP contribution is 2.23. The van der Waals surface area contributed by atoms with Crippen molar-refractivity contribution in [2.24, 2.45) is 11.8 Å². The molecule has 88 valence electrons. The normalized spacial score (nSPS) is 26.9. The highest BCUT2D eigenvalue weighted by atomic mass is 16.5. The Morgan fingerprint density at radius 2 is 2.13 bits per heavy atom. The fourth-order valence-corrected chi connectivity index (χ4v) is 2.14. The number of likely N-dealkylation sites (tertiary alicyclic amines) is 1. The van der Waals surface area contributed by atoms with Gasteiger partial charge in [-0.05, 0) is 12.3 Å². The molecule has 0 amide bonds. The van der Waals surface area contributed by atoms with E-state index < -0.39 is 0 Å². The minimum absolute atomic E-state index is 0.0533. The van der Waals surface area contributed by atoms with Crippen molar-refractivity contribution in [1.29, 1.82) is 0 Å². The van der Waals surface area contributed by atoms with Gasteiger partial charge in [-0.2, -0.15) is 0 Å². The zero-order chi connectivity index (χ0) is 11.3. The molecule has 1 saturated heterocycles. The molecule has 1 aliphatic rings. The fourth-order valence-electron chi connectivity index (χ4n) is 2.14. The number of nitrogens with zero attached hydrogens (tertiary/aromatic N) is 1. The van der Waals surface area contributed by atoms with Gasteiger partial charge in [-0.25, -0.2) is 0 Å². The second-order valence-electron chi connectivity index (χ2n) is 4.21. The van der Waals surface area contributed by atoms with E-state index in [0.717, 1.165) is 32.7 Å². The van der Waals surface area contributed by atoms with Gasteiger partial charge in [-0.1, -0.05) is 6.92 Å². The van der Waals surface area contributed by atoms with Crippen molar-refractivity contribution in [2.45, 2.75) is 13.3 Å². The summed E-state index contributed by atoms with van der Waals surface area (Å²) in [6, 6.07) is 0. The Kier molecular flexibility index (Phi) is 5.05. The minimum atomic E-state index is -0.0725. The molecule has 0 aromatic heterocycles. The van der Waals surface area contributed by atoms with Crippen molar-refractivity contribution in [3.63, 3.8) is 0 Å². The molecule has 0 aromatic rings. The third-order valence-corrected chi connectivity index (χ3v) is 3.01. The maximum absolute atomic E-state index is 11.4. The molecule has 4 heteroatoms. The smallest absolute Gasteiger partial charge is 0.310 e. The molecule has 0 saturated carbocycles. The summed E-state index contributed by atoms with van der Waals surface area (Å²) in [5.74, 6) is 0.384. The molecule has 0 bridgehead atoms. The van der Waals surface area contributed by atoms with Crippen LogP contribution in [0.1, 0.15) is 13.3 Å². The molecule has 1 heterocycles. The first-order valence-electron chi connectivity index (χ1n) is 5.48. The van der Waals surface area contributed by atoms with Crippen LogP contribution in [0, 0.1) is 11.8 Å². The zero-order valence-electron chi connectivity index (χ0n) is 9.86. The Labute approximate surface area is 91.5 Å². The molecule has 15 heavy (non-hydrogen) atoms. The number of methoxy groups -OCH3 is 2. The van der Waals surface area contributed by atoms with E-state index in [2.05, 4.69) is 11.8 Å². The SMILES string of the molecule is COCCCN1CC(C)C(C(=O)OC)C1. The second-order valence-corrected chi connectivity index (χ2v) is 4.21. The number of esters is 1. The van der Waals surface area contributed by atoms with Gasteiger partial charge in [0.1, 0.15) is 0 Å². The van der Waals surface area contributed by atoms with E-state index in [-0.39, 0.29) is 11.9 Å². The first-order valence-corrected chi connectivity index (χ1v) is 5.48. The van der Waals surface area contributed by atoms with Crippen LogP contribution in [0.5, 0.6) is 0 Å². The Hall–Kier alpha value is -0.610. The van der Waals surface area contributed by atoms with Crippen molar-refractivity contribution in [3.8, 4) is 0 Å². The molecule has 0 aliphatic carbocycles. The lowest BCUT2D eigenvalue weighted by Crippen LogP contribution is -2.25. The third kappa shape index (κ3) is 3.47. The van der Waals surface area contributed by atoms with Gasteiger partial charge in [0, 0.05) is 33.4 Å². The van der Waals surface area contributed by atoms with E-state index in [4.69, 9.17) is 9.47 Å². The lowest BCUT2D eigenvalue weighted by molar-refractivity contribution is -0.146. The Morgan fingerprint density at radius 1 is 1.40 bits per heavy atom. The summed E-state index contributed by atoms with van der Waals surface area (Å²) in [7, 11) is 3.17. The quantitative estimate of drug-likeness (QED) is 0.501. The maximum atomic E-state index is 11.4. The average Bonchev–Trinajstić information content (AvgIpc) is 2.59. The first-order chi connectivity index (χ1) is 7.19. The van der Waals surface area contributed by atoms with Crippen molar-refractivity contribution < 1.29 is 14.3 Å². The number of rotatable bonds is 5. The summed E-state index contributed by atoms with van der Waals surface area (Å²) in [4.78, 5) is 13.7. The van der Waals surface area contributed by atoms with Crippen molar-refractivity contribution >= 4 is 5.97 Å².